The van der Waals surface area contributed by atoms with E-state index in [1.807, 2.05) is 55.8 Å². The fourth-order valence-electron chi connectivity index (χ4n) is 4.77. The molecule has 0 radical (unpaired) electrons. The Morgan fingerprint density at radius 1 is 0.868 bits per heavy atom. The molecule has 0 aliphatic carbocycles. The largest absolute Gasteiger partial charge is 0.463 e. The van der Waals surface area contributed by atoms with Crippen LogP contribution in [0.15, 0.2) is 41.0 Å². The zero-order chi connectivity index (χ0) is 28.1. The SMILES string of the molecule is CC(=O)OC[C@H]1O[C@@H](C2=C(c3ccccc3)[N+](C(C)C)=NC2C)[C@H](OC(C)=O)[C@@H](OC(C)=O)[C@@H]1OC(C)=O. The second-order valence-corrected chi connectivity index (χ2v) is 9.52. The van der Waals surface area contributed by atoms with E-state index >= 15 is 0 Å². The third kappa shape index (κ3) is 6.63. The van der Waals surface area contributed by atoms with Gasteiger partial charge in [0, 0.05) is 33.3 Å². The minimum atomic E-state index is -1.25. The molecule has 38 heavy (non-hydrogen) atoms. The van der Waals surface area contributed by atoms with Gasteiger partial charge in [0.25, 0.3) is 0 Å². The Labute approximate surface area is 221 Å². The molecule has 2 aliphatic heterocycles. The van der Waals surface area contributed by atoms with E-state index in [-0.39, 0.29) is 12.6 Å². The van der Waals surface area contributed by atoms with E-state index in [0.29, 0.717) is 5.57 Å². The van der Waals surface area contributed by atoms with Crippen LogP contribution in [0.5, 0.6) is 0 Å². The summed E-state index contributed by atoms with van der Waals surface area (Å²) < 4.78 is 30.4. The highest BCUT2D eigenvalue weighted by atomic mass is 16.7. The van der Waals surface area contributed by atoms with Crippen LogP contribution in [-0.2, 0) is 42.9 Å². The molecular formula is C27H35N2O9+. The number of benzene rings is 1. The maximum absolute atomic E-state index is 12.3. The summed E-state index contributed by atoms with van der Waals surface area (Å²) in [4.78, 5) is 48.2. The van der Waals surface area contributed by atoms with Gasteiger partial charge in [-0.25, -0.2) is 0 Å². The van der Waals surface area contributed by atoms with Gasteiger partial charge in [0.1, 0.15) is 24.9 Å². The molecule has 0 amide bonds. The number of carbonyl (C=O) groups excluding carboxylic acids is 4. The number of hydrogen-bond donors (Lipinski definition) is 0. The molecule has 1 aromatic carbocycles. The van der Waals surface area contributed by atoms with Crippen molar-refractivity contribution in [2.24, 2.45) is 5.11 Å². The van der Waals surface area contributed by atoms with Crippen molar-refractivity contribution < 1.29 is 47.6 Å². The Bertz CT molecular complexity index is 1130. The minimum absolute atomic E-state index is 0.0178. The Balaban J connectivity index is 2.24. The quantitative estimate of drug-likeness (QED) is 0.282. The van der Waals surface area contributed by atoms with Gasteiger partial charge in [-0.15, -0.1) is 0 Å². The first-order chi connectivity index (χ1) is 17.9. The van der Waals surface area contributed by atoms with Crippen molar-refractivity contribution in [3.05, 3.63) is 41.5 Å². The lowest BCUT2D eigenvalue weighted by Crippen LogP contribution is -2.63. The normalized spacial score (nSPS) is 27.0. The van der Waals surface area contributed by atoms with E-state index in [0.717, 1.165) is 11.3 Å². The fourth-order valence-corrected chi connectivity index (χ4v) is 4.77. The standard InChI is InChI=1S/C27H35N2O9/c1-14(2)29-23(20-11-9-8-10-12-20)22(15(3)28-29)25-27(37-19(7)33)26(36-18(6)32)24(35-17(5)31)21(38-25)13-34-16(4)30/h8-12,14-15,21,24-27H,13H2,1-7H3/q+1/t15?,21-,24-,25+,26+,27+/m1/s1. The zero-order valence-electron chi connectivity index (χ0n) is 22.7. The minimum Gasteiger partial charge on any atom is -0.463 e. The predicted octanol–water partition coefficient (Wildman–Crippen LogP) is 2.80. The zero-order valence-corrected chi connectivity index (χ0v) is 22.7. The van der Waals surface area contributed by atoms with Crippen molar-refractivity contribution >= 4 is 29.6 Å². The van der Waals surface area contributed by atoms with Crippen LogP contribution in [-0.4, -0.2) is 77.8 Å². The van der Waals surface area contributed by atoms with Crippen molar-refractivity contribution in [1.82, 2.24) is 0 Å². The molecule has 0 spiro atoms. The second kappa shape index (κ2) is 12.3. The number of hydrogen-bond acceptors (Lipinski definition) is 10. The fraction of sp³-hybridized carbons (Fsp3) is 0.556. The monoisotopic (exact) mass is 531 g/mol. The molecule has 6 atom stereocenters. The highest BCUT2D eigenvalue weighted by Crippen LogP contribution is 2.40. The molecule has 1 saturated heterocycles. The Morgan fingerprint density at radius 3 is 1.95 bits per heavy atom. The number of azo groups is 2. The summed E-state index contributed by atoms with van der Waals surface area (Å²) in [5, 5.41) is 4.83. The molecule has 0 bridgehead atoms. The van der Waals surface area contributed by atoms with E-state index in [9.17, 15) is 19.2 Å². The van der Waals surface area contributed by atoms with Gasteiger partial charge in [-0.1, -0.05) is 22.9 Å². The maximum Gasteiger partial charge on any atom is 0.303 e. The van der Waals surface area contributed by atoms with E-state index in [1.165, 1.54) is 27.7 Å². The summed E-state index contributed by atoms with van der Waals surface area (Å²) in [7, 11) is 0. The molecule has 2 heterocycles. The topological polar surface area (TPSA) is 130 Å². The number of carbonyl (C=O) groups is 4. The molecule has 1 unspecified atom stereocenters. The van der Waals surface area contributed by atoms with Crippen molar-refractivity contribution in [2.75, 3.05) is 6.61 Å². The molecule has 11 nitrogen and oxygen atoms in total. The lowest BCUT2D eigenvalue weighted by atomic mass is 9.86. The highest BCUT2D eigenvalue weighted by molar-refractivity contribution is 5.70. The van der Waals surface area contributed by atoms with Gasteiger partial charge in [-0.3, -0.25) is 19.2 Å². The van der Waals surface area contributed by atoms with E-state index < -0.39 is 60.4 Å². The molecule has 2 aliphatic rings. The van der Waals surface area contributed by atoms with Crippen LogP contribution >= 0.6 is 0 Å². The van der Waals surface area contributed by atoms with E-state index in [2.05, 4.69) is 0 Å². The summed E-state index contributed by atoms with van der Waals surface area (Å²) in [5.41, 5.74) is 2.30. The highest BCUT2D eigenvalue weighted by Gasteiger charge is 2.56. The molecule has 3 rings (SSSR count). The smallest absolute Gasteiger partial charge is 0.303 e. The summed E-state index contributed by atoms with van der Waals surface area (Å²) in [5.74, 6) is -2.58. The van der Waals surface area contributed by atoms with Gasteiger partial charge in [0.05, 0.1) is 5.57 Å². The van der Waals surface area contributed by atoms with Gasteiger partial charge in [0.15, 0.2) is 24.4 Å². The first-order valence-electron chi connectivity index (χ1n) is 12.5. The lowest BCUT2D eigenvalue weighted by molar-refractivity contribution is -0.533. The van der Waals surface area contributed by atoms with Crippen molar-refractivity contribution in [1.29, 1.82) is 0 Å². The summed E-state index contributed by atoms with van der Waals surface area (Å²) in [6.07, 6.45) is -5.66. The van der Waals surface area contributed by atoms with Crippen LogP contribution in [0.1, 0.15) is 54.0 Å². The molecule has 0 N–H and O–H groups in total. The number of nitrogens with zero attached hydrogens (tertiary/aromatic N) is 2. The second-order valence-electron chi connectivity index (χ2n) is 9.52. The lowest BCUT2D eigenvalue weighted by Gasteiger charge is -2.44. The number of esters is 4. The number of ether oxygens (including phenoxy) is 5. The van der Waals surface area contributed by atoms with E-state index in [4.69, 9.17) is 28.8 Å². The average Bonchev–Trinajstić information content (AvgIpc) is 3.17. The van der Waals surface area contributed by atoms with Gasteiger partial charge in [0.2, 0.25) is 5.70 Å². The van der Waals surface area contributed by atoms with Crippen LogP contribution in [0.4, 0.5) is 0 Å². The van der Waals surface area contributed by atoms with Gasteiger partial charge in [-0.2, -0.15) is 0 Å². The summed E-state index contributed by atoms with van der Waals surface area (Å²) in [6, 6.07) is 9.13. The summed E-state index contributed by atoms with van der Waals surface area (Å²) >= 11 is 0. The van der Waals surface area contributed by atoms with Crippen molar-refractivity contribution in [2.45, 2.75) is 91.1 Å². The van der Waals surface area contributed by atoms with Crippen LogP contribution < -0.4 is 0 Å². The first kappa shape index (κ1) is 29.0. The first-order valence-corrected chi connectivity index (χ1v) is 12.5. The van der Waals surface area contributed by atoms with Crippen LogP contribution in [0.25, 0.3) is 5.70 Å². The third-order valence-corrected chi connectivity index (χ3v) is 6.08. The van der Waals surface area contributed by atoms with Crippen molar-refractivity contribution in [3.8, 4) is 0 Å². The van der Waals surface area contributed by atoms with E-state index in [1.54, 1.807) is 0 Å². The molecule has 206 valence electrons. The van der Waals surface area contributed by atoms with Gasteiger partial charge in [-0.05, 0) is 38.0 Å². The molecule has 1 fully saturated rings. The van der Waals surface area contributed by atoms with Gasteiger partial charge < -0.3 is 23.7 Å². The molecule has 1 aromatic rings. The van der Waals surface area contributed by atoms with Crippen LogP contribution in [0, 0.1) is 0 Å². The Kier molecular flexibility index (Phi) is 9.37. The predicted molar refractivity (Wildman–Crippen MR) is 133 cm³/mol. The van der Waals surface area contributed by atoms with Crippen LogP contribution in [0.2, 0.25) is 0 Å². The summed E-state index contributed by atoms with van der Waals surface area (Å²) in [6.45, 7) is 10.4. The third-order valence-electron chi connectivity index (χ3n) is 6.08. The molecular weight excluding hydrogens is 496 g/mol. The van der Waals surface area contributed by atoms with Gasteiger partial charge >= 0.3 is 23.9 Å². The Morgan fingerprint density at radius 2 is 1.42 bits per heavy atom. The van der Waals surface area contributed by atoms with Crippen LogP contribution in [0.3, 0.4) is 0 Å². The molecule has 0 aromatic heterocycles. The number of rotatable bonds is 8. The Hall–Kier alpha value is -3.60. The average molecular weight is 532 g/mol. The molecule has 11 heteroatoms. The maximum atomic E-state index is 12.3. The molecule has 0 saturated carbocycles. The van der Waals surface area contributed by atoms with Crippen molar-refractivity contribution in [3.63, 3.8) is 0 Å².